The van der Waals surface area contributed by atoms with Gasteiger partial charge in [-0.3, -0.25) is 0 Å². The molecule has 1 heterocycles. The second kappa shape index (κ2) is 7.55. The smallest absolute Gasteiger partial charge is 0.335 e. The molecule has 0 unspecified atom stereocenters. The van der Waals surface area contributed by atoms with E-state index in [-0.39, 0.29) is 0 Å². The van der Waals surface area contributed by atoms with Gasteiger partial charge >= 0.3 is 5.97 Å². The summed E-state index contributed by atoms with van der Waals surface area (Å²) in [7, 11) is 0. The average molecular weight is 384 g/mol. The first kappa shape index (κ1) is 18.9. The fourth-order valence-electron chi connectivity index (χ4n) is 3.90. The maximum absolute atomic E-state index is 11.6. The van der Waals surface area contributed by atoms with Gasteiger partial charge in [0.05, 0.1) is 16.6 Å². The maximum atomic E-state index is 11.6. The zero-order chi connectivity index (χ0) is 20.5. The average Bonchev–Trinajstić information content (AvgIpc) is 3.07. The van der Waals surface area contributed by atoms with Gasteiger partial charge in [-0.15, -0.1) is 0 Å². The number of carbonyl (C=O) groups is 1. The van der Waals surface area contributed by atoms with Crippen molar-refractivity contribution < 1.29 is 9.90 Å². The molecule has 0 aliphatic rings. The highest BCUT2D eigenvalue weighted by Gasteiger charge is 2.16. The van der Waals surface area contributed by atoms with E-state index >= 15 is 0 Å². The van der Waals surface area contributed by atoms with Crippen LogP contribution in [0.5, 0.6) is 0 Å². The molecule has 3 aromatic carbocycles. The number of nitrogens with zero attached hydrogens (tertiary/aromatic N) is 1. The number of imidazole rings is 1. The van der Waals surface area contributed by atoms with Gasteiger partial charge in [0.25, 0.3) is 0 Å². The molecule has 4 heteroatoms. The van der Waals surface area contributed by atoms with E-state index in [1.165, 1.54) is 16.7 Å². The zero-order valence-corrected chi connectivity index (χ0v) is 16.9. The number of carboxylic acid groups (broad SMARTS) is 1. The molecule has 0 radical (unpaired) electrons. The minimum absolute atomic E-state index is 0.345. The number of nitrogens with one attached hydrogen (secondary N) is 1. The van der Waals surface area contributed by atoms with Crippen LogP contribution in [0.3, 0.4) is 0 Å². The minimum atomic E-state index is -0.899. The number of rotatable bonds is 5. The van der Waals surface area contributed by atoms with Gasteiger partial charge in [0.15, 0.2) is 0 Å². The quantitative estimate of drug-likeness (QED) is 0.486. The van der Waals surface area contributed by atoms with Crippen LogP contribution in [0.4, 0.5) is 0 Å². The minimum Gasteiger partial charge on any atom is -0.478 e. The first-order valence-corrected chi connectivity index (χ1v) is 9.77. The molecule has 29 heavy (non-hydrogen) atoms. The van der Waals surface area contributed by atoms with Crippen molar-refractivity contribution in [3.8, 4) is 0 Å². The Hall–Kier alpha value is -3.40. The van der Waals surface area contributed by atoms with Crippen LogP contribution >= 0.6 is 0 Å². The molecule has 0 saturated heterocycles. The Morgan fingerprint density at radius 2 is 1.79 bits per heavy atom. The lowest BCUT2D eigenvalue weighted by molar-refractivity contribution is 0.0696. The molecular formula is C25H24N2O2. The zero-order valence-electron chi connectivity index (χ0n) is 16.9. The van der Waals surface area contributed by atoms with Crippen LogP contribution < -0.4 is 0 Å². The third kappa shape index (κ3) is 3.79. The number of benzene rings is 3. The van der Waals surface area contributed by atoms with Gasteiger partial charge in [-0.1, -0.05) is 48.0 Å². The third-order valence-corrected chi connectivity index (χ3v) is 5.54. The van der Waals surface area contributed by atoms with E-state index in [1.54, 1.807) is 12.1 Å². The number of aromatic carboxylic acids is 1. The van der Waals surface area contributed by atoms with Crippen molar-refractivity contribution in [1.82, 2.24) is 9.97 Å². The Balaban J connectivity index is 1.78. The second-order valence-corrected chi connectivity index (χ2v) is 7.68. The maximum Gasteiger partial charge on any atom is 0.335 e. The summed E-state index contributed by atoms with van der Waals surface area (Å²) in [5.41, 5.74) is 8.94. The summed E-state index contributed by atoms with van der Waals surface area (Å²) in [6.45, 7) is 6.26. The molecule has 0 amide bonds. The lowest BCUT2D eigenvalue weighted by atomic mass is 9.93. The molecule has 2 N–H and O–H groups in total. The van der Waals surface area contributed by atoms with Gasteiger partial charge in [-0.05, 0) is 60.7 Å². The highest BCUT2D eigenvalue weighted by Crippen LogP contribution is 2.28. The molecule has 4 aromatic rings. The Kier molecular flexibility index (Phi) is 4.93. The number of aromatic amines is 1. The Bertz CT molecular complexity index is 1220. The SMILES string of the molecule is Cc1cccc(Cc2nc3c(Cc4ccccc4C(=O)O)c(C)c(C)cc3[nH]2)c1. The molecule has 0 saturated carbocycles. The van der Waals surface area contributed by atoms with Crippen LogP contribution in [0.1, 0.15) is 49.6 Å². The fraction of sp³-hybridized carbons (Fsp3) is 0.200. The molecule has 4 nitrogen and oxygen atoms in total. The van der Waals surface area contributed by atoms with Crippen molar-refractivity contribution in [3.05, 3.63) is 99.4 Å². The van der Waals surface area contributed by atoms with Crippen LogP contribution in [0.15, 0.2) is 54.6 Å². The van der Waals surface area contributed by atoms with Gasteiger partial charge in [-0.25, -0.2) is 9.78 Å². The first-order chi connectivity index (χ1) is 13.9. The van der Waals surface area contributed by atoms with Gasteiger partial charge in [0.2, 0.25) is 0 Å². The molecule has 0 atom stereocenters. The predicted molar refractivity (Wildman–Crippen MR) is 116 cm³/mol. The molecule has 1 aromatic heterocycles. The van der Waals surface area contributed by atoms with Gasteiger partial charge in [0.1, 0.15) is 5.82 Å². The molecular weight excluding hydrogens is 360 g/mol. The van der Waals surface area contributed by atoms with Crippen LogP contribution in [-0.4, -0.2) is 21.0 Å². The van der Waals surface area contributed by atoms with Gasteiger partial charge < -0.3 is 10.1 Å². The van der Waals surface area contributed by atoms with E-state index in [9.17, 15) is 9.90 Å². The van der Waals surface area contributed by atoms with Crippen molar-refractivity contribution in [1.29, 1.82) is 0 Å². The lowest BCUT2D eigenvalue weighted by Crippen LogP contribution is -2.04. The summed E-state index contributed by atoms with van der Waals surface area (Å²) in [5.74, 6) is 0.0210. The summed E-state index contributed by atoms with van der Waals surface area (Å²) < 4.78 is 0. The van der Waals surface area contributed by atoms with Crippen molar-refractivity contribution in [2.75, 3.05) is 0 Å². The number of carboxylic acids is 1. The van der Waals surface area contributed by atoms with Crippen molar-refractivity contribution in [2.24, 2.45) is 0 Å². The summed E-state index contributed by atoms with van der Waals surface area (Å²) in [4.78, 5) is 20.0. The number of hydrogen-bond acceptors (Lipinski definition) is 2. The lowest BCUT2D eigenvalue weighted by Gasteiger charge is -2.12. The molecule has 0 spiro atoms. The topological polar surface area (TPSA) is 66.0 Å². The first-order valence-electron chi connectivity index (χ1n) is 9.77. The van der Waals surface area contributed by atoms with E-state index in [0.717, 1.165) is 40.0 Å². The highest BCUT2D eigenvalue weighted by molar-refractivity contribution is 5.90. The summed E-state index contributed by atoms with van der Waals surface area (Å²) >= 11 is 0. The van der Waals surface area contributed by atoms with E-state index in [4.69, 9.17) is 4.98 Å². The number of aromatic nitrogens is 2. The standard InChI is InChI=1S/C25H24N2O2/c1-15-7-6-8-18(11-15)13-23-26-22-12-16(2)17(3)21(24(22)27-23)14-19-9-4-5-10-20(19)25(28)29/h4-12H,13-14H2,1-3H3,(H,26,27)(H,28,29). The molecule has 146 valence electrons. The molecule has 0 bridgehead atoms. The molecule has 0 aliphatic carbocycles. The van der Waals surface area contributed by atoms with Gasteiger partial charge in [-0.2, -0.15) is 0 Å². The summed E-state index contributed by atoms with van der Waals surface area (Å²) in [5, 5.41) is 9.55. The monoisotopic (exact) mass is 384 g/mol. The number of aryl methyl sites for hydroxylation is 2. The summed E-state index contributed by atoms with van der Waals surface area (Å²) in [6, 6.07) is 17.8. The largest absolute Gasteiger partial charge is 0.478 e. The Morgan fingerprint density at radius 1 is 1.00 bits per heavy atom. The van der Waals surface area contributed by atoms with Gasteiger partial charge in [0, 0.05) is 12.8 Å². The van der Waals surface area contributed by atoms with Crippen LogP contribution in [0, 0.1) is 20.8 Å². The molecule has 0 aliphatic heterocycles. The van der Waals surface area contributed by atoms with Crippen molar-refractivity contribution in [2.45, 2.75) is 33.6 Å². The van der Waals surface area contributed by atoms with E-state index in [2.05, 4.69) is 56.1 Å². The number of H-pyrrole nitrogens is 1. The summed E-state index contributed by atoms with van der Waals surface area (Å²) in [6.07, 6.45) is 1.28. The fourth-order valence-corrected chi connectivity index (χ4v) is 3.90. The van der Waals surface area contributed by atoms with E-state index in [0.29, 0.717) is 12.0 Å². The van der Waals surface area contributed by atoms with Crippen LogP contribution in [0.25, 0.3) is 11.0 Å². The highest BCUT2D eigenvalue weighted by atomic mass is 16.4. The third-order valence-electron chi connectivity index (χ3n) is 5.54. The van der Waals surface area contributed by atoms with E-state index < -0.39 is 5.97 Å². The normalized spacial score (nSPS) is 11.1. The Morgan fingerprint density at radius 3 is 2.55 bits per heavy atom. The number of hydrogen-bond donors (Lipinski definition) is 2. The van der Waals surface area contributed by atoms with E-state index in [1.807, 2.05) is 12.1 Å². The molecule has 4 rings (SSSR count). The van der Waals surface area contributed by atoms with Crippen molar-refractivity contribution >= 4 is 17.0 Å². The second-order valence-electron chi connectivity index (χ2n) is 7.68. The van der Waals surface area contributed by atoms with Crippen LogP contribution in [-0.2, 0) is 12.8 Å². The Labute approximate surface area is 170 Å². The van der Waals surface area contributed by atoms with Crippen molar-refractivity contribution in [3.63, 3.8) is 0 Å². The molecule has 0 fully saturated rings. The number of fused-ring (bicyclic) bond motifs is 1. The van der Waals surface area contributed by atoms with Crippen LogP contribution in [0.2, 0.25) is 0 Å². The predicted octanol–water partition coefficient (Wildman–Crippen LogP) is 5.37.